The van der Waals surface area contributed by atoms with Crippen molar-refractivity contribution in [2.24, 2.45) is 0 Å². The number of carbonyl (C=O) groups is 4. The number of urea groups is 1. The highest BCUT2D eigenvalue weighted by Gasteiger charge is 2.55. The first kappa shape index (κ1) is 29.0. The van der Waals surface area contributed by atoms with Crippen LogP contribution in [0.15, 0.2) is 46.9 Å². The molecule has 1 unspecified atom stereocenters. The number of imide groups is 1. The molecule has 5 rings (SSSR count). The number of piperidine rings is 1. The number of nitrogens with one attached hydrogen (secondary N) is 1. The molecule has 1 spiro atoms. The van der Waals surface area contributed by atoms with E-state index < -0.39 is 24.0 Å². The summed E-state index contributed by atoms with van der Waals surface area (Å²) < 4.78 is 19.8. The van der Waals surface area contributed by atoms with Crippen LogP contribution in [0.3, 0.4) is 0 Å². The van der Waals surface area contributed by atoms with E-state index in [2.05, 4.69) is 21.2 Å². The second-order valence-electron chi connectivity index (χ2n) is 10.9. The van der Waals surface area contributed by atoms with Crippen LogP contribution in [-0.4, -0.2) is 70.9 Å². The second-order valence-corrected chi connectivity index (χ2v) is 11.8. The molecule has 2 heterocycles. The van der Waals surface area contributed by atoms with E-state index in [0.717, 1.165) is 38.9 Å². The molecule has 1 N–H and O–H groups in total. The SMILES string of the molecule is CCCCOC(=O)N1CCC(N(Cc2ccc(F)cc2)C(=O)CN2C(=O)NC3(CCc4cc(Br)ccc43)C2=O)CC1. The van der Waals surface area contributed by atoms with Gasteiger partial charge in [0.15, 0.2) is 0 Å². The predicted octanol–water partition coefficient (Wildman–Crippen LogP) is 4.71. The van der Waals surface area contributed by atoms with Crippen LogP contribution in [0.4, 0.5) is 14.0 Å². The van der Waals surface area contributed by atoms with Gasteiger partial charge in [0.05, 0.1) is 6.61 Å². The van der Waals surface area contributed by atoms with Crippen LogP contribution in [0.25, 0.3) is 0 Å². The molecule has 2 aliphatic heterocycles. The molecular formula is C30H34BrFN4O5. The number of unbranched alkanes of at least 4 members (excludes halogenated alkanes) is 1. The molecule has 0 aromatic heterocycles. The van der Waals surface area contributed by atoms with Crippen molar-refractivity contribution in [2.45, 2.75) is 63.6 Å². The fourth-order valence-electron chi connectivity index (χ4n) is 5.95. The maximum Gasteiger partial charge on any atom is 0.409 e. The minimum Gasteiger partial charge on any atom is -0.449 e. The molecule has 5 amide bonds. The first-order valence-electron chi connectivity index (χ1n) is 14.1. The number of fused-ring (bicyclic) bond motifs is 2. The molecule has 0 bridgehead atoms. The fourth-order valence-corrected chi connectivity index (χ4v) is 6.36. The van der Waals surface area contributed by atoms with Gasteiger partial charge in [-0.2, -0.15) is 0 Å². The number of ether oxygens (including phenoxy) is 1. The van der Waals surface area contributed by atoms with E-state index >= 15 is 0 Å². The van der Waals surface area contributed by atoms with Gasteiger partial charge < -0.3 is 19.9 Å². The van der Waals surface area contributed by atoms with Crippen LogP contribution in [0, 0.1) is 5.82 Å². The maximum absolute atomic E-state index is 13.8. The Morgan fingerprint density at radius 2 is 1.88 bits per heavy atom. The Bertz CT molecular complexity index is 1330. The lowest BCUT2D eigenvalue weighted by molar-refractivity contribution is -0.141. The Kier molecular flexibility index (Phi) is 8.63. The van der Waals surface area contributed by atoms with Crippen molar-refractivity contribution in [3.63, 3.8) is 0 Å². The van der Waals surface area contributed by atoms with Gasteiger partial charge in [-0.05, 0) is 73.1 Å². The Balaban J connectivity index is 1.31. The zero-order valence-corrected chi connectivity index (χ0v) is 24.6. The van der Waals surface area contributed by atoms with Gasteiger partial charge in [-0.25, -0.2) is 14.0 Å². The molecule has 3 aliphatic rings. The summed E-state index contributed by atoms with van der Waals surface area (Å²) in [7, 11) is 0. The first-order valence-corrected chi connectivity index (χ1v) is 14.9. The number of aryl methyl sites for hydroxylation is 1. The van der Waals surface area contributed by atoms with Gasteiger partial charge >= 0.3 is 12.1 Å². The number of amides is 5. The average molecular weight is 630 g/mol. The Hall–Kier alpha value is -3.47. The highest BCUT2D eigenvalue weighted by molar-refractivity contribution is 9.10. The number of benzene rings is 2. The van der Waals surface area contributed by atoms with Gasteiger partial charge in [0.25, 0.3) is 5.91 Å². The molecular weight excluding hydrogens is 595 g/mol. The van der Waals surface area contributed by atoms with Gasteiger partial charge in [-0.15, -0.1) is 0 Å². The summed E-state index contributed by atoms with van der Waals surface area (Å²) in [5.41, 5.74) is 1.30. The molecule has 0 radical (unpaired) electrons. The van der Waals surface area contributed by atoms with E-state index in [0.29, 0.717) is 45.4 Å². The number of nitrogens with zero attached hydrogens (tertiary/aromatic N) is 3. The van der Waals surface area contributed by atoms with Gasteiger partial charge in [0.2, 0.25) is 5.91 Å². The van der Waals surface area contributed by atoms with Crippen LogP contribution in [0.2, 0.25) is 0 Å². The summed E-state index contributed by atoms with van der Waals surface area (Å²) in [6.07, 6.45) is 3.47. The van der Waals surface area contributed by atoms with E-state index in [-0.39, 0.29) is 30.4 Å². The number of rotatable bonds is 8. The van der Waals surface area contributed by atoms with Gasteiger partial charge in [0, 0.05) is 30.1 Å². The van der Waals surface area contributed by atoms with E-state index in [1.807, 2.05) is 25.1 Å². The van der Waals surface area contributed by atoms with Crippen molar-refractivity contribution in [1.82, 2.24) is 20.0 Å². The predicted molar refractivity (Wildman–Crippen MR) is 152 cm³/mol. The third kappa shape index (κ3) is 5.95. The highest BCUT2D eigenvalue weighted by Crippen LogP contribution is 2.42. The lowest BCUT2D eigenvalue weighted by Gasteiger charge is -2.38. The van der Waals surface area contributed by atoms with Gasteiger partial charge in [-0.3, -0.25) is 14.5 Å². The molecule has 0 saturated carbocycles. The zero-order valence-electron chi connectivity index (χ0n) is 23.0. The summed E-state index contributed by atoms with van der Waals surface area (Å²) in [4.78, 5) is 57.3. The molecule has 218 valence electrons. The van der Waals surface area contributed by atoms with E-state index in [1.54, 1.807) is 21.9 Å². The summed E-state index contributed by atoms with van der Waals surface area (Å²) in [6, 6.07) is 10.7. The lowest BCUT2D eigenvalue weighted by atomic mass is 9.92. The number of carbonyl (C=O) groups excluding carboxylic acids is 4. The minimum absolute atomic E-state index is 0.191. The highest BCUT2D eigenvalue weighted by atomic mass is 79.9. The number of likely N-dealkylation sites (tertiary alicyclic amines) is 1. The van der Waals surface area contributed by atoms with E-state index in [1.165, 1.54) is 12.1 Å². The Morgan fingerprint density at radius 3 is 2.59 bits per heavy atom. The maximum atomic E-state index is 13.8. The van der Waals surface area contributed by atoms with Crippen LogP contribution in [-0.2, 0) is 32.8 Å². The average Bonchev–Trinajstić information content (AvgIpc) is 3.44. The number of halogens is 2. The lowest BCUT2D eigenvalue weighted by Crippen LogP contribution is -2.51. The molecule has 1 aliphatic carbocycles. The standard InChI is InChI=1S/C30H34BrFN4O5/c1-2-3-16-41-29(40)34-14-11-24(12-15-34)35(18-20-4-7-23(32)8-5-20)26(37)19-36-27(38)30(33-28(36)39)13-10-21-17-22(31)6-9-25(21)30/h4-9,17,24H,2-3,10-16,18-19H2,1H3,(H,33,39). The van der Waals surface area contributed by atoms with Gasteiger partial charge in [-0.1, -0.05) is 47.5 Å². The molecule has 1 atom stereocenters. The summed E-state index contributed by atoms with van der Waals surface area (Å²) >= 11 is 3.46. The quantitative estimate of drug-likeness (QED) is 0.337. The van der Waals surface area contributed by atoms with E-state index in [4.69, 9.17) is 4.74 Å². The van der Waals surface area contributed by atoms with Crippen LogP contribution in [0.1, 0.15) is 55.7 Å². The largest absolute Gasteiger partial charge is 0.449 e. The minimum atomic E-state index is -1.17. The monoisotopic (exact) mass is 628 g/mol. The van der Waals surface area contributed by atoms with Gasteiger partial charge in [0.1, 0.15) is 17.9 Å². The Labute approximate surface area is 247 Å². The van der Waals surface area contributed by atoms with Crippen LogP contribution >= 0.6 is 15.9 Å². The van der Waals surface area contributed by atoms with Crippen molar-refractivity contribution in [2.75, 3.05) is 26.2 Å². The molecule has 11 heteroatoms. The van der Waals surface area contributed by atoms with Crippen LogP contribution in [0.5, 0.6) is 0 Å². The number of hydrogen-bond acceptors (Lipinski definition) is 5. The van der Waals surface area contributed by atoms with Crippen molar-refractivity contribution in [3.8, 4) is 0 Å². The third-order valence-corrected chi connectivity index (χ3v) is 8.73. The van der Waals surface area contributed by atoms with E-state index in [9.17, 15) is 23.6 Å². The summed E-state index contributed by atoms with van der Waals surface area (Å²) in [6.45, 7) is 3.02. The zero-order chi connectivity index (χ0) is 29.1. The molecule has 2 aromatic rings. The van der Waals surface area contributed by atoms with Crippen molar-refractivity contribution in [1.29, 1.82) is 0 Å². The Morgan fingerprint density at radius 1 is 1.15 bits per heavy atom. The molecule has 2 aromatic carbocycles. The third-order valence-electron chi connectivity index (χ3n) is 8.24. The van der Waals surface area contributed by atoms with Crippen molar-refractivity contribution in [3.05, 3.63) is 69.4 Å². The second kappa shape index (κ2) is 12.2. The molecule has 2 fully saturated rings. The molecule has 41 heavy (non-hydrogen) atoms. The molecule has 9 nitrogen and oxygen atoms in total. The summed E-state index contributed by atoms with van der Waals surface area (Å²) in [5.74, 6) is -1.19. The number of hydrogen-bond donors (Lipinski definition) is 1. The fraction of sp³-hybridized carbons (Fsp3) is 0.467. The normalized spacial score (nSPS) is 20.4. The van der Waals surface area contributed by atoms with Crippen LogP contribution < -0.4 is 5.32 Å². The summed E-state index contributed by atoms with van der Waals surface area (Å²) in [5, 5.41) is 2.88. The first-order chi connectivity index (χ1) is 19.7. The topological polar surface area (TPSA) is 99.3 Å². The molecule has 2 saturated heterocycles. The smallest absolute Gasteiger partial charge is 0.409 e. The van der Waals surface area contributed by atoms with Crippen molar-refractivity contribution >= 4 is 39.9 Å². The van der Waals surface area contributed by atoms with Crippen molar-refractivity contribution < 1.29 is 28.3 Å².